The lowest BCUT2D eigenvalue weighted by Crippen LogP contribution is -2.61. The van der Waals surface area contributed by atoms with Gasteiger partial charge in [0.25, 0.3) is 5.91 Å². The van der Waals surface area contributed by atoms with Crippen LogP contribution in [-0.2, 0) is 24.2 Å². The van der Waals surface area contributed by atoms with Crippen molar-refractivity contribution in [2.75, 3.05) is 13.3 Å². The zero-order chi connectivity index (χ0) is 20.9. The Hall–Kier alpha value is -1.72. The van der Waals surface area contributed by atoms with Crippen molar-refractivity contribution in [3.63, 3.8) is 0 Å². The molecule has 0 fully saturated rings. The van der Waals surface area contributed by atoms with Gasteiger partial charge in [0.2, 0.25) is 11.8 Å². The summed E-state index contributed by atoms with van der Waals surface area (Å²) >= 11 is 0. The second-order valence-corrected chi connectivity index (χ2v) is 9.68. The molecule has 0 aromatic rings. The summed E-state index contributed by atoms with van der Waals surface area (Å²) in [5.41, 5.74) is 1.27. The second kappa shape index (κ2) is 9.28. The quantitative estimate of drug-likeness (QED) is 0.236. The third-order valence-corrected chi connectivity index (χ3v) is 6.42. The molecule has 0 aromatic heterocycles. The topological polar surface area (TPSA) is 162 Å². The number of hydrogen-bond donors (Lipinski definition) is 5. The van der Waals surface area contributed by atoms with Crippen LogP contribution in [0.3, 0.4) is 0 Å². The molecule has 0 saturated carbocycles. The second-order valence-electron chi connectivity index (χ2n) is 7.09. The highest BCUT2D eigenvalue weighted by Gasteiger charge is 2.45. The van der Waals surface area contributed by atoms with E-state index in [0.29, 0.717) is 0 Å². The minimum absolute atomic E-state index is 0.0696. The SMILES string of the molecule is CNC(=O)C(NC(=O)[C@H](CC(C)C)[C@H](O)C(=O)NO)C(C)(C)S(C)(=O)=O. The molecular formula is C15H29N3O7S. The smallest absolute Gasteiger partial charge is 0.272 e. The van der Waals surface area contributed by atoms with Gasteiger partial charge in [-0.3, -0.25) is 19.6 Å². The lowest BCUT2D eigenvalue weighted by Gasteiger charge is -2.33. The van der Waals surface area contributed by atoms with Gasteiger partial charge >= 0.3 is 0 Å². The Morgan fingerprint density at radius 1 is 1.08 bits per heavy atom. The van der Waals surface area contributed by atoms with Crippen molar-refractivity contribution in [2.45, 2.75) is 51.0 Å². The summed E-state index contributed by atoms with van der Waals surface area (Å²) in [5, 5.41) is 23.3. The molecule has 0 spiro atoms. The molecule has 0 aliphatic rings. The van der Waals surface area contributed by atoms with Crippen LogP contribution in [0.2, 0.25) is 0 Å². The Balaban J connectivity index is 5.81. The van der Waals surface area contributed by atoms with Crippen molar-refractivity contribution in [2.24, 2.45) is 11.8 Å². The van der Waals surface area contributed by atoms with E-state index in [9.17, 15) is 27.9 Å². The first-order valence-electron chi connectivity index (χ1n) is 8.04. The van der Waals surface area contributed by atoms with E-state index in [2.05, 4.69) is 10.6 Å². The van der Waals surface area contributed by atoms with E-state index in [1.54, 1.807) is 13.8 Å². The number of sulfone groups is 1. The number of likely N-dealkylation sites (N-methyl/N-ethyl adjacent to an activating group) is 1. The Morgan fingerprint density at radius 2 is 1.58 bits per heavy atom. The van der Waals surface area contributed by atoms with Crippen LogP contribution in [0.4, 0.5) is 0 Å². The molecule has 10 nitrogen and oxygen atoms in total. The van der Waals surface area contributed by atoms with E-state index in [1.807, 2.05) is 0 Å². The van der Waals surface area contributed by atoms with Crippen molar-refractivity contribution >= 4 is 27.6 Å². The molecule has 0 radical (unpaired) electrons. The zero-order valence-electron chi connectivity index (χ0n) is 15.9. The number of hydrogen-bond acceptors (Lipinski definition) is 7. The van der Waals surface area contributed by atoms with E-state index in [1.165, 1.54) is 26.4 Å². The molecule has 3 atom stereocenters. The van der Waals surface area contributed by atoms with E-state index in [4.69, 9.17) is 5.21 Å². The number of carbonyl (C=O) groups excluding carboxylic acids is 3. The molecule has 1 unspecified atom stereocenters. The Kier molecular flexibility index (Phi) is 8.67. The number of aliphatic hydroxyl groups excluding tert-OH is 1. The number of amides is 3. The Morgan fingerprint density at radius 3 is 1.92 bits per heavy atom. The van der Waals surface area contributed by atoms with Crippen LogP contribution in [0.25, 0.3) is 0 Å². The number of carbonyl (C=O) groups is 3. The van der Waals surface area contributed by atoms with Gasteiger partial charge in [-0.2, -0.15) is 0 Å². The van der Waals surface area contributed by atoms with Crippen molar-refractivity contribution in [3.05, 3.63) is 0 Å². The fraction of sp³-hybridized carbons (Fsp3) is 0.800. The minimum Gasteiger partial charge on any atom is -0.382 e. The first-order valence-corrected chi connectivity index (χ1v) is 9.93. The molecule has 11 heteroatoms. The summed E-state index contributed by atoms with van der Waals surface area (Å²) in [5.74, 6) is -4.18. The molecule has 0 saturated heterocycles. The van der Waals surface area contributed by atoms with Crippen molar-refractivity contribution < 1.29 is 33.1 Å². The van der Waals surface area contributed by atoms with E-state index < -0.39 is 50.4 Å². The van der Waals surface area contributed by atoms with E-state index in [-0.39, 0.29) is 12.3 Å². The predicted octanol–water partition coefficient (Wildman–Crippen LogP) is -1.43. The minimum atomic E-state index is -3.75. The summed E-state index contributed by atoms with van der Waals surface area (Å²) in [7, 11) is -2.46. The third-order valence-electron chi connectivity index (χ3n) is 4.27. The summed E-state index contributed by atoms with van der Waals surface area (Å²) < 4.78 is 22.5. The van der Waals surface area contributed by atoms with Gasteiger partial charge in [0, 0.05) is 13.3 Å². The predicted molar refractivity (Wildman–Crippen MR) is 93.8 cm³/mol. The number of rotatable bonds is 9. The zero-order valence-corrected chi connectivity index (χ0v) is 16.7. The van der Waals surface area contributed by atoms with Crippen molar-refractivity contribution in [1.29, 1.82) is 0 Å². The van der Waals surface area contributed by atoms with Gasteiger partial charge in [0.15, 0.2) is 9.84 Å². The third kappa shape index (κ3) is 5.92. The van der Waals surface area contributed by atoms with Gasteiger partial charge in [-0.25, -0.2) is 13.9 Å². The Bertz CT molecular complexity index is 631. The van der Waals surface area contributed by atoms with E-state index in [0.717, 1.165) is 6.26 Å². The van der Waals surface area contributed by atoms with Crippen LogP contribution < -0.4 is 16.1 Å². The van der Waals surface area contributed by atoms with Gasteiger partial charge in [0.1, 0.15) is 12.1 Å². The average molecular weight is 395 g/mol. The molecule has 152 valence electrons. The molecule has 0 aliphatic carbocycles. The highest BCUT2D eigenvalue weighted by atomic mass is 32.2. The number of hydroxylamine groups is 1. The van der Waals surface area contributed by atoms with Crippen LogP contribution >= 0.6 is 0 Å². The summed E-state index contributed by atoms with van der Waals surface area (Å²) in [4.78, 5) is 36.3. The fourth-order valence-electron chi connectivity index (χ4n) is 2.30. The van der Waals surface area contributed by atoms with Crippen LogP contribution in [0.1, 0.15) is 34.1 Å². The van der Waals surface area contributed by atoms with Crippen molar-refractivity contribution in [1.82, 2.24) is 16.1 Å². The standard InChI is InChI=1S/C15H29N3O7S/c1-8(2)7-9(10(19)13(21)18-23)12(20)17-11(14(22)16-5)15(3,4)26(6,24)25/h8-11,19,23H,7H2,1-6H3,(H,16,22)(H,17,20)(H,18,21)/t9-,10+,11?/m1/s1. The highest BCUT2D eigenvalue weighted by molar-refractivity contribution is 7.92. The fourth-order valence-corrected chi connectivity index (χ4v) is 2.89. The van der Waals surface area contributed by atoms with Crippen LogP contribution in [0, 0.1) is 11.8 Å². The molecule has 0 rings (SSSR count). The number of aliphatic hydroxyl groups is 1. The normalized spacial score (nSPS) is 15.7. The molecule has 0 aliphatic heterocycles. The summed E-state index contributed by atoms with van der Waals surface area (Å²) in [6, 6.07) is -1.45. The average Bonchev–Trinajstić information content (AvgIpc) is 2.53. The largest absolute Gasteiger partial charge is 0.382 e. The molecular weight excluding hydrogens is 366 g/mol. The van der Waals surface area contributed by atoms with Crippen LogP contribution in [-0.4, -0.2) is 66.6 Å². The van der Waals surface area contributed by atoms with Gasteiger partial charge in [-0.15, -0.1) is 0 Å². The Labute approximate surface area is 153 Å². The van der Waals surface area contributed by atoms with Gasteiger partial charge in [-0.1, -0.05) is 13.8 Å². The molecule has 3 amide bonds. The maximum absolute atomic E-state index is 12.6. The van der Waals surface area contributed by atoms with Gasteiger partial charge in [-0.05, 0) is 26.2 Å². The first kappa shape index (κ1) is 24.3. The van der Waals surface area contributed by atoms with E-state index >= 15 is 0 Å². The van der Waals surface area contributed by atoms with Gasteiger partial charge in [0.05, 0.1) is 10.7 Å². The van der Waals surface area contributed by atoms with Gasteiger partial charge < -0.3 is 15.7 Å². The summed E-state index contributed by atoms with van der Waals surface area (Å²) in [6.07, 6.45) is -0.858. The van der Waals surface area contributed by atoms with Crippen molar-refractivity contribution in [3.8, 4) is 0 Å². The molecule has 0 aromatic carbocycles. The summed E-state index contributed by atoms with van der Waals surface area (Å²) in [6.45, 7) is 6.08. The maximum atomic E-state index is 12.6. The molecule has 0 heterocycles. The van der Waals surface area contributed by atoms with Crippen LogP contribution in [0.15, 0.2) is 0 Å². The maximum Gasteiger partial charge on any atom is 0.272 e. The lowest BCUT2D eigenvalue weighted by molar-refractivity contribution is -0.147. The number of nitrogens with one attached hydrogen (secondary N) is 3. The monoisotopic (exact) mass is 395 g/mol. The van der Waals surface area contributed by atoms with Crippen LogP contribution in [0.5, 0.6) is 0 Å². The molecule has 5 N–H and O–H groups in total. The first-order chi connectivity index (χ1) is 11.7. The highest BCUT2D eigenvalue weighted by Crippen LogP contribution is 2.23. The lowest BCUT2D eigenvalue weighted by atomic mass is 9.90. The molecule has 0 bridgehead atoms. The molecule has 26 heavy (non-hydrogen) atoms.